The van der Waals surface area contributed by atoms with Gasteiger partial charge in [0.2, 0.25) is 5.91 Å². The van der Waals surface area contributed by atoms with Gasteiger partial charge in [0.05, 0.1) is 11.5 Å². The molecule has 118 valence electrons. The summed E-state index contributed by atoms with van der Waals surface area (Å²) in [4.78, 5) is 11.9. The van der Waals surface area contributed by atoms with Gasteiger partial charge >= 0.3 is 0 Å². The second-order valence-electron chi connectivity index (χ2n) is 5.48. The number of hydrogen-bond acceptors (Lipinski definition) is 5. The zero-order valence-corrected chi connectivity index (χ0v) is 13.6. The Morgan fingerprint density at radius 1 is 1.10 bits per heavy atom. The van der Waals surface area contributed by atoms with E-state index in [1.165, 1.54) is 6.92 Å². The van der Waals surface area contributed by atoms with Crippen molar-refractivity contribution in [1.82, 2.24) is 5.32 Å². The summed E-state index contributed by atoms with van der Waals surface area (Å²) in [5, 5.41) is 1.55. The van der Waals surface area contributed by atoms with Gasteiger partial charge in [-0.15, -0.1) is 0 Å². The molecule has 0 aromatic heterocycles. The summed E-state index contributed by atoms with van der Waals surface area (Å²) in [5.41, 5.74) is 0. The Hall–Kier alpha value is -0.630. The summed E-state index contributed by atoms with van der Waals surface area (Å²) in [6.45, 7) is 1.32. The molecule has 1 atom stereocenters. The van der Waals surface area contributed by atoms with E-state index < -0.39 is 42.3 Å². The van der Waals surface area contributed by atoms with Crippen molar-refractivity contribution in [3.05, 3.63) is 0 Å². The van der Waals surface area contributed by atoms with Crippen LogP contribution in [-0.4, -0.2) is 51.8 Å². The maximum Gasteiger partial charge on any atom is 0.238 e. The Kier molecular flexibility index (Phi) is 6.00. The Bertz CT molecular complexity index is 532. The molecule has 0 heterocycles. The van der Waals surface area contributed by atoms with Crippen LogP contribution in [0.3, 0.4) is 0 Å². The highest BCUT2D eigenvalue weighted by molar-refractivity contribution is 7.95. The van der Waals surface area contributed by atoms with Gasteiger partial charge in [-0.3, -0.25) is 4.79 Å². The van der Waals surface area contributed by atoms with E-state index >= 15 is 0 Å². The zero-order valence-electron chi connectivity index (χ0n) is 12.0. The van der Waals surface area contributed by atoms with Crippen LogP contribution in [0.4, 0.5) is 0 Å². The van der Waals surface area contributed by atoms with Crippen LogP contribution in [0.1, 0.15) is 39.0 Å². The summed E-state index contributed by atoms with van der Waals surface area (Å²) in [7, 11) is -7.09. The number of carbonyl (C=O) groups is 1. The molecule has 8 heteroatoms. The van der Waals surface area contributed by atoms with E-state index in [0.717, 1.165) is 38.4 Å². The number of carbonyl (C=O) groups excluding carboxylic acids is 1. The smallest absolute Gasteiger partial charge is 0.238 e. The van der Waals surface area contributed by atoms with Crippen LogP contribution < -0.4 is 5.32 Å². The zero-order chi connectivity index (χ0) is 15.4. The van der Waals surface area contributed by atoms with Gasteiger partial charge in [0, 0.05) is 12.3 Å². The van der Waals surface area contributed by atoms with Gasteiger partial charge in [0.15, 0.2) is 9.84 Å². The number of rotatable bonds is 6. The first-order chi connectivity index (χ1) is 9.12. The molecule has 6 nitrogen and oxygen atoms in total. The fraction of sp³-hybridized carbons (Fsp3) is 0.917. The third-order valence-electron chi connectivity index (χ3n) is 3.60. The molecule has 1 amide bonds. The molecule has 1 unspecified atom stereocenters. The molecule has 1 saturated carbocycles. The first-order valence-electron chi connectivity index (χ1n) is 6.81. The molecular formula is C12H23NO5S2. The van der Waals surface area contributed by atoms with Crippen molar-refractivity contribution in [2.24, 2.45) is 0 Å². The van der Waals surface area contributed by atoms with Gasteiger partial charge in [-0.1, -0.05) is 19.3 Å². The average Bonchev–Trinajstić information content (AvgIpc) is 2.36. The first-order valence-corrected chi connectivity index (χ1v) is 10.6. The van der Waals surface area contributed by atoms with Crippen molar-refractivity contribution in [3.8, 4) is 0 Å². The van der Waals surface area contributed by atoms with Crippen molar-refractivity contribution in [1.29, 1.82) is 0 Å². The molecule has 0 saturated heterocycles. The van der Waals surface area contributed by atoms with E-state index in [-0.39, 0.29) is 6.04 Å². The minimum atomic E-state index is -3.73. The van der Waals surface area contributed by atoms with E-state index in [1.54, 1.807) is 0 Å². The SMILES string of the molecule is CC(C(=O)NC1CCCCC1)S(=O)(=O)CCS(C)(=O)=O. The minimum absolute atomic E-state index is 0.0452. The lowest BCUT2D eigenvalue weighted by Gasteiger charge is -2.24. The number of amides is 1. The number of hydrogen-bond donors (Lipinski definition) is 1. The Labute approximate surface area is 121 Å². The molecule has 0 aliphatic heterocycles. The molecular weight excluding hydrogens is 302 g/mol. The predicted octanol–water partition coefficient (Wildman–Crippen LogP) is 0.283. The topological polar surface area (TPSA) is 97.4 Å². The van der Waals surface area contributed by atoms with E-state index in [9.17, 15) is 21.6 Å². The summed E-state index contributed by atoms with van der Waals surface area (Å²) in [6, 6.07) is 0.0452. The van der Waals surface area contributed by atoms with Crippen LogP contribution in [0, 0.1) is 0 Å². The summed E-state index contributed by atoms with van der Waals surface area (Å²) in [5.74, 6) is -1.48. The number of sulfone groups is 2. The number of nitrogens with one attached hydrogen (secondary N) is 1. The van der Waals surface area contributed by atoms with Crippen molar-refractivity contribution in [2.75, 3.05) is 17.8 Å². The van der Waals surface area contributed by atoms with Gasteiger partial charge in [-0.25, -0.2) is 16.8 Å². The van der Waals surface area contributed by atoms with E-state index in [1.807, 2.05) is 0 Å². The molecule has 1 fully saturated rings. The molecule has 0 aromatic carbocycles. The lowest BCUT2D eigenvalue weighted by molar-refractivity contribution is -0.121. The monoisotopic (exact) mass is 325 g/mol. The third kappa shape index (κ3) is 5.78. The van der Waals surface area contributed by atoms with Gasteiger partial charge in [0.25, 0.3) is 0 Å². The van der Waals surface area contributed by atoms with Crippen molar-refractivity contribution >= 4 is 25.6 Å². The molecule has 1 N–H and O–H groups in total. The third-order valence-corrected chi connectivity index (χ3v) is 6.87. The molecule has 1 aliphatic rings. The highest BCUT2D eigenvalue weighted by Gasteiger charge is 2.30. The average molecular weight is 325 g/mol. The summed E-state index contributed by atoms with van der Waals surface area (Å²) >= 11 is 0. The van der Waals surface area contributed by atoms with Crippen LogP contribution in [0.5, 0.6) is 0 Å². The highest BCUT2D eigenvalue weighted by Crippen LogP contribution is 2.18. The molecule has 0 bridgehead atoms. The molecule has 1 rings (SSSR count). The van der Waals surface area contributed by atoms with Crippen LogP contribution in [-0.2, 0) is 24.5 Å². The standard InChI is InChI=1S/C12H23NO5S2/c1-10(20(17,18)9-8-19(2,15)16)12(14)13-11-6-4-3-5-7-11/h10-11H,3-9H2,1-2H3,(H,13,14). The predicted molar refractivity (Wildman–Crippen MR) is 78.0 cm³/mol. The Morgan fingerprint density at radius 3 is 2.15 bits per heavy atom. The molecule has 1 aliphatic carbocycles. The lowest BCUT2D eigenvalue weighted by Crippen LogP contribution is -2.45. The van der Waals surface area contributed by atoms with Gasteiger partial charge in [-0.05, 0) is 19.8 Å². The van der Waals surface area contributed by atoms with Crippen molar-refractivity contribution in [2.45, 2.75) is 50.3 Å². The largest absolute Gasteiger partial charge is 0.352 e. The first kappa shape index (κ1) is 17.4. The molecule has 0 radical (unpaired) electrons. The van der Waals surface area contributed by atoms with Crippen LogP contribution in [0.25, 0.3) is 0 Å². The second-order valence-corrected chi connectivity index (χ2v) is 10.2. The fourth-order valence-electron chi connectivity index (χ4n) is 2.17. The van der Waals surface area contributed by atoms with E-state index in [0.29, 0.717) is 0 Å². The maximum atomic E-state index is 11.9. The maximum absolute atomic E-state index is 11.9. The second kappa shape index (κ2) is 6.89. The Balaban J connectivity index is 2.57. The van der Waals surface area contributed by atoms with E-state index in [4.69, 9.17) is 0 Å². The van der Waals surface area contributed by atoms with Crippen LogP contribution >= 0.6 is 0 Å². The van der Waals surface area contributed by atoms with Gasteiger partial charge in [0.1, 0.15) is 15.1 Å². The van der Waals surface area contributed by atoms with Gasteiger partial charge < -0.3 is 5.32 Å². The molecule has 20 heavy (non-hydrogen) atoms. The summed E-state index contributed by atoms with van der Waals surface area (Å²) < 4.78 is 45.9. The minimum Gasteiger partial charge on any atom is -0.352 e. The normalized spacial score (nSPS) is 19.5. The van der Waals surface area contributed by atoms with Gasteiger partial charge in [-0.2, -0.15) is 0 Å². The Morgan fingerprint density at radius 2 is 1.65 bits per heavy atom. The highest BCUT2D eigenvalue weighted by atomic mass is 32.2. The van der Waals surface area contributed by atoms with Crippen molar-refractivity contribution < 1.29 is 21.6 Å². The van der Waals surface area contributed by atoms with Crippen LogP contribution in [0.2, 0.25) is 0 Å². The molecule has 0 aromatic rings. The molecule has 0 spiro atoms. The van der Waals surface area contributed by atoms with Crippen molar-refractivity contribution in [3.63, 3.8) is 0 Å². The fourth-order valence-corrected chi connectivity index (χ4v) is 5.06. The van der Waals surface area contributed by atoms with Crippen LogP contribution in [0.15, 0.2) is 0 Å². The lowest BCUT2D eigenvalue weighted by atomic mass is 9.95. The quantitative estimate of drug-likeness (QED) is 0.756. The summed E-state index contributed by atoms with van der Waals surface area (Å²) in [6.07, 6.45) is 5.97. The van der Waals surface area contributed by atoms with E-state index in [2.05, 4.69) is 5.32 Å².